The van der Waals surface area contributed by atoms with Crippen LogP contribution in [-0.2, 0) is 40.4 Å². The van der Waals surface area contributed by atoms with Crippen LogP contribution in [0.1, 0.15) is 22.5 Å². The average molecular weight is 452 g/mol. The van der Waals surface area contributed by atoms with Crippen LogP contribution in [0, 0.1) is 0 Å². The van der Waals surface area contributed by atoms with Crippen molar-refractivity contribution in [3.8, 4) is 22.4 Å². The predicted octanol–water partition coefficient (Wildman–Crippen LogP) is 3.44. The van der Waals surface area contributed by atoms with Crippen LogP contribution in [0.5, 0.6) is 0 Å². The minimum absolute atomic E-state index is 0.563. The molecular weight excluding hydrogens is 426 g/mol. The summed E-state index contributed by atoms with van der Waals surface area (Å²) in [5.74, 6) is 0.563. The van der Waals surface area contributed by atoms with Crippen LogP contribution in [0.3, 0.4) is 0 Å². The van der Waals surface area contributed by atoms with Crippen molar-refractivity contribution in [2.45, 2.75) is 19.3 Å². The second-order valence-corrected chi connectivity index (χ2v) is 8.77. The van der Waals surface area contributed by atoms with E-state index < -0.39 is 0 Å². The standard InChI is InChI=1S/C25H25N9/c1-32-14-19(12-27-32)17-6-4-5-16(9-17)10-22-23-21(31-34(22)3)8-7-18-11-26-25(30-24(18)23)29-20-13-28-33(2)15-20/h4-6,9,11-15H,7-8,10H2,1-3H3,(H,26,29,30). The summed E-state index contributed by atoms with van der Waals surface area (Å²) in [5, 5.41) is 16.6. The highest BCUT2D eigenvalue weighted by Crippen LogP contribution is 2.36. The molecule has 9 nitrogen and oxygen atoms in total. The Kier molecular flexibility index (Phi) is 4.75. The molecule has 1 aliphatic carbocycles. The number of benzene rings is 1. The van der Waals surface area contributed by atoms with Gasteiger partial charge in [-0.3, -0.25) is 14.0 Å². The Hall–Kier alpha value is -4.27. The summed E-state index contributed by atoms with van der Waals surface area (Å²) in [6, 6.07) is 8.62. The molecule has 0 unspecified atom stereocenters. The van der Waals surface area contributed by atoms with Crippen molar-refractivity contribution < 1.29 is 0 Å². The molecule has 170 valence electrons. The maximum atomic E-state index is 4.92. The smallest absolute Gasteiger partial charge is 0.227 e. The monoisotopic (exact) mass is 451 g/mol. The Morgan fingerprint density at radius 1 is 0.941 bits per heavy atom. The molecule has 0 bridgehead atoms. The number of anilines is 2. The molecule has 1 N–H and O–H groups in total. The Bertz CT molecular complexity index is 1500. The Morgan fingerprint density at radius 3 is 2.59 bits per heavy atom. The van der Waals surface area contributed by atoms with Gasteiger partial charge in [-0.1, -0.05) is 24.3 Å². The fourth-order valence-electron chi connectivity index (χ4n) is 4.63. The van der Waals surface area contributed by atoms with E-state index in [9.17, 15) is 0 Å². The molecule has 1 aromatic carbocycles. The van der Waals surface area contributed by atoms with E-state index in [1.54, 1.807) is 10.9 Å². The summed E-state index contributed by atoms with van der Waals surface area (Å²) < 4.78 is 5.58. The highest BCUT2D eigenvalue weighted by Gasteiger charge is 2.26. The van der Waals surface area contributed by atoms with Gasteiger partial charge in [0.15, 0.2) is 0 Å². The number of rotatable bonds is 5. The van der Waals surface area contributed by atoms with E-state index >= 15 is 0 Å². The summed E-state index contributed by atoms with van der Waals surface area (Å²) in [5.41, 5.74) is 9.86. The van der Waals surface area contributed by atoms with Crippen LogP contribution >= 0.6 is 0 Å². The Morgan fingerprint density at radius 2 is 1.79 bits per heavy atom. The molecule has 9 heteroatoms. The number of hydrogen-bond donors (Lipinski definition) is 1. The summed E-state index contributed by atoms with van der Waals surface area (Å²) in [7, 11) is 5.84. The zero-order valence-electron chi connectivity index (χ0n) is 19.4. The van der Waals surface area contributed by atoms with Crippen molar-refractivity contribution in [1.29, 1.82) is 0 Å². The van der Waals surface area contributed by atoms with Crippen molar-refractivity contribution in [2.75, 3.05) is 5.32 Å². The third-order valence-electron chi connectivity index (χ3n) is 6.27. The summed E-state index contributed by atoms with van der Waals surface area (Å²) >= 11 is 0. The van der Waals surface area contributed by atoms with E-state index in [-0.39, 0.29) is 0 Å². The fraction of sp³-hybridized carbons (Fsp3) is 0.240. The van der Waals surface area contributed by atoms with Gasteiger partial charge in [-0.15, -0.1) is 0 Å². The number of nitrogens with one attached hydrogen (secondary N) is 1. The van der Waals surface area contributed by atoms with Gasteiger partial charge in [0.2, 0.25) is 5.95 Å². The molecule has 5 aromatic rings. The van der Waals surface area contributed by atoms with Crippen LogP contribution in [0.25, 0.3) is 22.4 Å². The molecular formula is C25H25N9. The minimum atomic E-state index is 0.563. The molecule has 0 atom stereocenters. The number of nitrogens with zero attached hydrogens (tertiary/aromatic N) is 8. The predicted molar refractivity (Wildman–Crippen MR) is 130 cm³/mol. The SMILES string of the molecule is Cn1cc(Nc2ncc3c(n2)-c2c(nn(C)c2Cc2cccc(-c4cnn(C)c4)c2)CC3)cn1. The molecule has 6 rings (SSSR count). The second-order valence-electron chi connectivity index (χ2n) is 8.77. The molecule has 1 aliphatic rings. The third kappa shape index (κ3) is 3.64. The summed E-state index contributed by atoms with van der Waals surface area (Å²) in [4.78, 5) is 9.46. The maximum absolute atomic E-state index is 4.92. The van der Waals surface area contributed by atoms with E-state index in [0.29, 0.717) is 5.95 Å². The molecule has 34 heavy (non-hydrogen) atoms. The number of hydrogen-bond acceptors (Lipinski definition) is 6. The van der Waals surface area contributed by atoms with Crippen LogP contribution in [0.4, 0.5) is 11.6 Å². The highest BCUT2D eigenvalue weighted by molar-refractivity contribution is 5.73. The van der Waals surface area contributed by atoms with Crippen LogP contribution in [0.2, 0.25) is 0 Å². The van der Waals surface area contributed by atoms with Gasteiger partial charge in [-0.25, -0.2) is 9.97 Å². The number of fused-ring (bicyclic) bond motifs is 3. The molecule has 0 radical (unpaired) electrons. The fourth-order valence-corrected chi connectivity index (χ4v) is 4.63. The van der Waals surface area contributed by atoms with Gasteiger partial charge in [0.25, 0.3) is 0 Å². The van der Waals surface area contributed by atoms with E-state index in [1.807, 2.05) is 55.3 Å². The molecule has 0 amide bonds. The normalized spacial score (nSPS) is 12.4. The summed E-state index contributed by atoms with van der Waals surface area (Å²) in [6.45, 7) is 0. The van der Waals surface area contributed by atoms with Gasteiger partial charge in [-0.05, 0) is 29.5 Å². The first-order valence-corrected chi connectivity index (χ1v) is 11.3. The van der Waals surface area contributed by atoms with Gasteiger partial charge in [0.05, 0.1) is 35.2 Å². The average Bonchev–Trinajstić information content (AvgIpc) is 3.53. The van der Waals surface area contributed by atoms with Crippen LogP contribution in [0.15, 0.2) is 55.2 Å². The van der Waals surface area contributed by atoms with Gasteiger partial charge in [-0.2, -0.15) is 15.3 Å². The molecule has 4 aromatic heterocycles. The maximum Gasteiger partial charge on any atom is 0.227 e. The number of aromatic nitrogens is 8. The molecule has 4 heterocycles. The summed E-state index contributed by atoms with van der Waals surface area (Å²) in [6.07, 6.45) is 12.1. The van der Waals surface area contributed by atoms with Crippen LogP contribution in [-0.4, -0.2) is 39.3 Å². The zero-order chi connectivity index (χ0) is 23.2. The lowest BCUT2D eigenvalue weighted by Crippen LogP contribution is -2.09. The van der Waals surface area contributed by atoms with Crippen molar-refractivity contribution >= 4 is 11.6 Å². The molecule has 0 saturated carbocycles. The number of aryl methyl sites for hydroxylation is 5. The first kappa shape index (κ1) is 20.3. The lowest BCUT2D eigenvalue weighted by Gasteiger charge is -2.17. The Labute approximate surface area is 197 Å². The Balaban J connectivity index is 1.37. The lowest BCUT2D eigenvalue weighted by molar-refractivity contribution is 0.705. The van der Waals surface area contributed by atoms with E-state index in [2.05, 4.69) is 44.8 Å². The molecule has 0 spiro atoms. The van der Waals surface area contributed by atoms with Gasteiger partial charge < -0.3 is 5.32 Å². The van der Waals surface area contributed by atoms with Crippen molar-refractivity contribution in [3.05, 3.63) is 77.8 Å². The van der Waals surface area contributed by atoms with Crippen LogP contribution < -0.4 is 5.32 Å². The first-order valence-electron chi connectivity index (χ1n) is 11.3. The van der Waals surface area contributed by atoms with Crippen molar-refractivity contribution in [1.82, 2.24) is 39.3 Å². The minimum Gasteiger partial charge on any atom is -0.321 e. The highest BCUT2D eigenvalue weighted by atomic mass is 15.3. The second kappa shape index (κ2) is 7.95. The van der Waals surface area contributed by atoms with Gasteiger partial charge in [0, 0.05) is 57.3 Å². The van der Waals surface area contributed by atoms with Gasteiger partial charge >= 0.3 is 0 Å². The van der Waals surface area contributed by atoms with E-state index in [4.69, 9.17) is 10.1 Å². The topological polar surface area (TPSA) is 91.3 Å². The van der Waals surface area contributed by atoms with Crippen molar-refractivity contribution in [2.24, 2.45) is 21.1 Å². The molecule has 0 fully saturated rings. The van der Waals surface area contributed by atoms with Gasteiger partial charge in [0.1, 0.15) is 0 Å². The lowest BCUT2D eigenvalue weighted by atomic mass is 9.91. The molecule has 0 saturated heterocycles. The van der Waals surface area contributed by atoms with E-state index in [1.165, 1.54) is 5.56 Å². The van der Waals surface area contributed by atoms with E-state index in [0.717, 1.165) is 64.3 Å². The molecule has 0 aliphatic heterocycles. The quantitative estimate of drug-likeness (QED) is 0.440. The largest absolute Gasteiger partial charge is 0.321 e. The first-order chi connectivity index (χ1) is 16.5. The van der Waals surface area contributed by atoms with Crippen molar-refractivity contribution in [3.63, 3.8) is 0 Å². The third-order valence-corrected chi connectivity index (χ3v) is 6.27. The zero-order valence-corrected chi connectivity index (χ0v) is 19.4.